The van der Waals surface area contributed by atoms with Gasteiger partial charge in [0.25, 0.3) is 0 Å². The molecule has 2 unspecified atom stereocenters. The number of hydrogen-bond acceptors (Lipinski definition) is 5. The van der Waals surface area contributed by atoms with Crippen LogP contribution in [0.4, 0.5) is 0 Å². The van der Waals surface area contributed by atoms with Crippen LogP contribution in [-0.2, 0) is 13.9 Å². The third-order valence-corrected chi connectivity index (χ3v) is 2.65. The molecule has 1 heterocycles. The lowest BCUT2D eigenvalue weighted by Gasteiger charge is -2.25. The predicted octanol–water partition coefficient (Wildman–Crippen LogP) is 0.0632. The molecule has 0 amide bonds. The molecule has 0 aromatic heterocycles. The summed E-state index contributed by atoms with van der Waals surface area (Å²) in [5.74, 6) is -0.877. The van der Waals surface area contributed by atoms with Crippen molar-refractivity contribution in [1.29, 1.82) is 0 Å². The van der Waals surface area contributed by atoms with Crippen LogP contribution >= 0.6 is 8.03 Å². The van der Waals surface area contributed by atoms with E-state index in [2.05, 4.69) is 0 Å². The van der Waals surface area contributed by atoms with Crippen molar-refractivity contribution in [2.75, 3.05) is 26.3 Å². The first-order chi connectivity index (χ1) is 5.70. The van der Waals surface area contributed by atoms with Crippen LogP contribution in [0.15, 0.2) is 0 Å². The van der Waals surface area contributed by atoms with Crippen LogP contribution in [0.1, 0.15) is 6.92 Å². The number of ether oxygens (including phenoxy) is 1. The fourth-order valence-corrected chi connectivity index (χ4v) is 1.43. The van der Waals surface area contributed by atoms with Gasteiger partial charge in [-0.15, -0.1) is 0 Å². The van der Waals surface area contributed by atoms with E-state index in [1.165, 1.54) is 6.92 Å². The molecular formula is C6H14NO4P. The van der Waals surface area contributed by atoms with Gasteiger partial charge in [0.05, 0.1) is 13.2 Å². The van der Waals surface area contributed by atoms with E-state index in [0.717, 1.165) is 0 Å². The number of aliphatic hydroxyl groups excluding tert-OH is 1. The first kappa shape index (κ1) is 10.2. The Hall–Kier alpha value is 0.0700. The molecule has 1 saturated heterocycles. The minimum Gasteiger partial charge on any atom is -0.383 e. The van der Waals surface area contributed by atoms with Crippen molar-refractivity contribution in [3.63, 3.8) is 0 Å². The summed E-state index contributed by atoms with van der Waals surface area (Å²) in [6.45, 7) is 3.87. The lowest BCUT2D eigenvalue weighted by molar-refractivity contribution is -0.115. The summed E-state index contributed by atoms with van der Waals surface area (Å²) in [5, 5.41) is 10.5. The lowest BCUT2D eigenvalue weighted by atomic mass is 10.5. The van der Waals surface area contributed by atoms with E-state index in [1.54, 1.807) is 5.06 Å². The summed E-state index contributed by atoms with van der Waals surface area (Å²) in [4.78, 5) is 0. The predicted molar refractivity (Wildman–Crippen MR) is 44.2 cm³/mol. The van der Waals surface area contributed by atoms with Crippen molar-refractivity contribution in [1.82, 2.24) is 5.06 Å². The van der Waals surface area contributed by atoms with E-state index >= 15 is 0 Å². The largest absolute Gasteiger partial charge is 0.383 e. The smallest absolute Gasteiger partial charge is 0.236 e. The average molecular weight is 195 g/mol. The third kappa shape index (κ3) is 3.21. The minimum absolute atomic E-state index is 0.592. The van der Waals surface area contributed by atoms with Crippen molar-refractivity contribution < 1.29 is 19.0 Å². The van der Waals surface area contributed by atoms with E-state index in [4.69, 9.17) is 14.5 Å². The second-order valence-corrected chi connectivity index (χ2v) is 4.28. The number of nitrogens with zero attached hydrogens (tertiary/aromatic N) is 1. The molecule has 5 nitrogen and oxygen atoms in total. The molecule has 0 aliphatic carbocycles. The zero-order chi connectivity index (χ0) is 8.97. The number of hydroxylamine groups is 2. The Morgan fingerprint density at radius 2 is 2.17 bits per heavy atom. The van der Waals surface area contributed by atoms with Gasteiger partial charge in [-0.25, -0.2) is 4.62 Å². The van der Waals surface area contributed by atoms with Crippen molar-refractivity contribution in [3.05, 3.63) is 0 Å². The maximum atomic E-state index is 11.0. The molecule has 1 fully saturated rings. The van der Waals surface area contributed by atoms with Gasteiger partial charge in [-0.2, -0.15) is 5.06 Å². The second kappa shape index (κ2) is 4.94. The van der Waals surface area contributed by atoms with Crippen LogP contribution in [0.5, 0.6) is 0 Å². The van der Waals surface area contributed by atoms with Gasteiger partial charge in [0.15, 0.2) is 0 Å². The van der Waals surface area contributed by atoms with E-state index in [1.807, 2.05) is 0 Å². The highest BCUT2D eigenvalue weighted by atomic mass is 31.1. The summed E-state index contributed by atoms with van der Waals surface area (Å²) < 4.78 is 21.1. The SMILES string of the molecule is CC(O)[PH](=O)ON1CCOCC1. The van der Waals surface area contributed by atoms with Crippen LogP contribution in [0.25, 0.3) is 0 Å². The first-order valence-corrected chi connectivity index (χ1v) is 5.32. The van der Waals surface area contributed by atoms with Gasteiger partial charge in [0.1, 0.15) is 5.85 Å². The zero-order valence-electron chi connectivity index (χ0n) is 7.02. The molecule has 1 N–H and O–H groups in total. The van der Waals surface area contributed by atoms with Gasteiger partial charge in [-0.1, -0.05) is 0 Å². The quantitative estimate of drug-likeness (QED) is 0.645. The number of rotatable bonds is 3. The van der Waals surface area contributed by atoms with Crippen LogP contribution in [0.2, 0.25) is 0 Å². The Morgan fingerprint density at radius 3 is 2.67 bits per heavy atom. The van der Waals surface area contributed by atoms with Crippen molar-refractivity contribution >= 4 is 8.03 Å². The minimum atomic E-state index is -2.33. The van der Waals surface area contributed by atoms with Crippen molar-refractivity contribution in [2.24, 2.45) is 0 Å². The van der Waals surface area contributed by atoms with Crippen molar-refractivity contribution in [3.8, 4) is 0 Å². The van der Waals surface area contributed by atoms with Gasteiger partial charge in [0.2, 0.25) is 8.03 Å². The van der Waals surface area contributed by atoms with Crippen LogP contribution in [-0.4, -0.2) is 42.3 Å². The summed E-state index contributed by atoms with van der Waals surface area (Å²) in [6, 6.07) is 0. The van der Waals surface area contributed by atoms with Crippen LogP contribution in [0, 0.1) is 0 Å². The standard InChI is InChI=1S/C6H14NO4P/c1-6(8)12(9)11-7-2-4-10-5-3-7/h6,8,12H,2-5H2,1H3. The molecule has 0 spiro atoms. The average Bonchev–Trinajstić information content (AvgIpc) is 2.06. The lowest BCUT2D eigenvalue weighted by Crippen LogP contribution is -2.35. The molecule has 72 valence electrons. The van der Waals surface area contributed by atoms with Crippen LogP contribution < -0.4 is 0 Å². The van der Waals surface area contributed by atoms with Gasteiger partial charge in [-0.05, 0) is 6.92 Å². The highest BCUT2D eigenvalue weighted by molar-refractivity contribution is 7.39. The van der Waals surface area contributed by atoms with E-state index in [0.29, 0.717) is 26.3 Å². The molecule has 0 aromatic rings. The Morgan fingerprint density at radius 1 is 1.58 bits per heavy atom. The molecule has 1 aliphatic heterocycles. The molecule has 0 aromatic carbocycles. The third-order valence-electron chi connectivity index (χ3n) is 1.53. The molecule has 6 heteroatoms. The highest BCUT2D eigenvalue weighted by Gasteiger charge is 2.16. The molecule has 2 atom stereocenters. The van der Waals surface area contributed by atoms with Gasteiger partial charge >= 0.3 is 0 Å². The summed E-state index contributed by atoms with van der Waals surface area (Å²) >= 11 is 0. The monoisotopic (exact) mass is 195 g/mol. The maximum absolute atomic E-state index is 11.0. The second-order valence-electron chi connectivity index (χ2n) is 2.63. The number of morpholine rings is 1. The number of aliphatic hydroxyl groups is 1. The van der Waals surface area contributed by atoms with Gasteiger partial charge in [0, 0.05) is 13.1 Å². The molecule has 1 aliphatic rings. The molecule has 0 radical (unpaired) electrons. The number of hydrogen-bond donors (Lipinski definition) is 1. The molecular weight excluding hydrogens is 181 g/mol. The Kier molecular flexibility index (Phi) is 4.18. The maximum Gasteiger partial charge on any atom is 0.236 e. The summed E-state index contributed by atoms with van der Waals surface area (Å²) in [6.07, 6.45) is 0. The zero-order valence-corrected chi connectivity index (χ0v) is 8.02. The van der Waals surface area contributed by atoms with Gasteiger partial charge in [-0.3, -0.25) is 4.57 Å². The Labute approximate surface area is 72.1 Å². The fourth-order valence-electron chi connectivity index (χ4n) is 0.841. The first-order valence-electron chi connectivity index (χ1n) is 3.92. The molecule has 12 heavy (non-hydrogen) atoms. The highest BCUT2D eigenvalue weighted by Crippen LogP contribution is 2.28. The molecule has 0 bridgehead atoms. The van der Waals surface area contributed by atoms with E-state index in [-0.39, 0.29) is 0 Å². The topological polar surface area (TPSA) is 59.0 Å². The van der Waals surface area contributed by atoms with E-state index < -0.39 is 13.9 Å². The molecule has 1 rings (SSSR count). The Bertz CT molecular complexity index is 158. The fraction of sp³-hybridized carbons (Fsp3) is 1.00. The summed E-state index contributed by atoms with van der Waals surface area (Å²) in [7, 11) is -2.33. The van der Waals surface area contributed by atoms with Crippen LogP contribution in [0.3, 0.4) is 0 Å². The van der Waals surface area contributed by atoms with Crippen molar-refractivity contribution in [2.45, 2.75) is 12.8 Å². The normalized spacial score (nSPS) is 25.2. The van der Waals surface area contributed by atoms with E-state index in [9.17, 15) is 4.57 Å². The van der Waals surface area contributed by atoms with Gasteiger partial charge < -0.3 is 9.84 Å². The summed E-state index contributed by atoms with van der Waals surface area (Å²) in [5.41, 5.74) is 0. The Balaban J connectivity index is 2.24. The molecule has 0 saturated carbocycles.